The minimum absolute atomic E-state index is 0.0498. The van der Waals surface area contributed by atoms with Gasteiger partial charge in [0.15, 0.2) is 5.69 Å². The molecule has 0 amide bonds. The topological polar surface area (TPSA) is 105 Å². The molecule has 0 radical (unpaired) electrons. The van der Waals surface area contributed by atoms with Gasteiger partial charge in [0.2, 0.25) is 0 Å². The highest BCUT2D eigenvalue weighted by atomic mass is 16.4. The van der Waals surface area contributed by atoms with Crippen molar-refractivity contribution in [3.05, 3.63) is 46.8 Å². The van der Waals surface area contributed by atoms with E-state index in [9.17, 15) is 9.59 Å². The molecule has 0 aliphatic carbocycles. The van der Waals surface area contributed by atoms with Crippen LogP contribution in [0.25, 0.3) is 0 Å². The lowest BCUT2D eigenvalue weighted by atomic mass is 10.1. The Morgan fingerprint density at radius 2 is 2.00 bits per heavy atom. The molecule has 7 nitrogen and oxygen atoms in total. The Morgan fingerprint density at radius 1 is 1.24 bits per heavy atom. The molecule has 1 heterocycles. The number of hydrogen-bond donors (Lipinski definition) is 2. The van der Waals surface area contributed by atoms with Gasteiger partial charge in [-0.3, -0.25) is 0 Å². The number of nitrogens with zero attached hydrogens (tertiary/aromatic N) is 3. The van der Waals surface area contributed by atoms with Gasteiger partial charge in [0.1, 0.15) is 0 Å². The quantitative estimate of drug-likeness (QED) is 0.838. The Bertz CT molecular complexity index is 679. The molecule has 7 heteroatoms. The summed E-state index contributed by atoms with van der Waals surface area (Å²) in [5, 5.41) is 25.6. The van der Waals surface area contributed by atoms with Crippen molar-refractivity contribution in [2.45, 2.75) is 26.3 Å². The molecular weight excluding hydrogens is 274 g/mol. The van der Waals surface area contributed by atoms with Crippen molar-refractivity contribution in [2.75, 3.05) is 0 Å². The molecule has 0 atom stereocenters. The third-order valence-electron chi connectivity index (χ3n) is 3.03. The van der Waals surface area contributed by atoms with Gasteiger partial charge in [0.25, 0.3) is 0 Å². The lowest BCUT2D eigenvalue weighted by Crippen LogP contribution is -2.10. The largest absolute Gasteiger partial charge is 0.478 e. The summed E-state index contributed by atoms with van der Waals surface area (Å²) in [6.07, 6.45) is 1.32. The van der Waals surface area contributed by atoms with E-state index in [2.05, 4.69) is 10.3 Å². The summed E-state index contributed by atoms with van der Waals surface area (Å²) in [5.41, 5.74) is 1.41. The minimum atomic E-state index is -1.11. The fraction of sp³-hybridized carbons (Fsp3) is 0.286. The van der Waals surface area contributed by atoms with Gasteiger partial charge in [0, 0.05) is 0 Å². The second-order valence-electron chi connectivity index (χ2n) is 4.60. The fourth-order valence-electron chi connectivity index (χ4n) is 2.09. The summed E-state index contributed by atoms with van der Waals surface area (Å²) < 4.78 is 1.51. The van der Waals surface area contributed by atoms with Gasteiger partial charge < -0.3 is 10.2 Å². The molecule has 0 bridgehead atoms. The zero-order chi connectivity index (χ0) is 15.4. The van der Waals surface area contributed by atoms with Crippen LogP contribution in [0.3, 0.4) is 0 Å². The first-order chi connectivity index (χ1) is 10.0. The first-order valence-corrected chi connectivity index (χ1v) is 6.50. The van der Waals surface area contributed by atoms with Crippen LogP contribution in [0.4, 0.5) is 0 Å². The molecule has 0 aliphatic heterocycles. The zero-order valence-corrected chi connectivity index (χ0v) is 11.5. The summed E-state index contributed by atoms with van der Waals surface area (Å²) in [7, 11) is 0. The molecule has 1 aromatic heterocycles. The molecule has 110 valence electrons. The molecule has 0 saturated heterocycles. The highest BCUT2D eigenvalue weighted by molar-refractivity contribution is 5.87. The van der Waals surface area contributed by atoms with Gasteiger partial charge >= 0.3 is 11.9 Å². The van der Waals surface area contributed by atoms with Crippen molar-refractivity contribution in [1.82, 2.24) is 15.0 Å². The van der Waals surface area contributed by atoms with Crippen LogP contribution in [-0.2, 0) is 13.0 Å². The third kappa shape index (κ3) is 3.25. The summed E-state index contributed by atoms with van der Waals surface area (Å²) >= 11 is 0. The van der Waals surface area contributed by atoms with Gasteiger partial charge in [-0.1, -0.05) is 30.7 Å². The second-order valence-corrected chi connectivity index (χ2v) is 4.60. The first kappa shape index (κ1) is 14.7. The molecule has 21 heavy (non-hydrogen) atoms. The van der Waals surface area contributed by atoms with E-state index >= 15 is 0 Å². The van der Waals surface area contributed by atoms with Crippen molar-refractivity contribution in [2.24, 2.45) is 0 Å². The van der Waals surface area contributed by atoms with Gasteiger partial charge in [-0.25, -0.2) is 14.3 Å². The molecular formula is C14H15N3O4. The van der Waals surface area contributed by atoms with Gasteiger partial charge in [-0.2, -0.15) is 0 Å². The third-order valence-corrected chi connectivity index (χ3v) is 3.03. The average Bonchev–Trinajstić information content (AvgIpc) is 2.83. The Hall–Kier alpha value is -2.70. The molecule has 2 rings (SSSR count). The second kappa shape index (κ2) is 6.17. The van der Waals surface area contributed by atoms with E-state index in [1.54, 1.807) is 18.2 Å². The summed E-state index contributed by atoms with van der Waals surface area (Å²) in [6, 6.07) is 6.46. The van der Waals surface area contributed by atoms with Crippen LogP contribution >= 0.6 is 0 Å². The highest BCUT2D eigenvalue weighted by Crippen LogP contribution is 2.13. The fourth-order valence-corrected chi connectivity index (χ4v) is 2.09. The Kier molecular flexibility index (Phi) is 4.32. The van der Waals surface area contributed by atoms with Gasteiger partial charge in [-0.05, 0) is 24.1 Å². The van der Waals surface area contributed by atoms with Crippen LogP contribution in [0.2, 0.25) is 0 Å². The van der Waals surface area contributed by atoms with Crippen molar-refractivity contribution < 1.29 is 19.8 Å². The monoisotopic (exact) mass is 289 g/mol. The van der Waals surface area contributed by atoms with E-state index in [1.807, 2.05) is 6.92 Å². The maximum absolute atomic E-state index is 11.1. The lowest BCUT2D eigenvalue weighted by Gasteiger charge is -2.07. The predicted octanol–water partition coefficient (Wildman–Crippen LogP) is 1.68. The molecule has 0 spiro atoms. The highest BCUT2D eigenvalue weighted by Gasteiger charge is 2.18. The lowest BCUT2D eigenvalue weighted by molar-refractivity contribution is 0.0681. The summed E-state index contributed by atoms with van der Waals surface area (Å²) in [5.74, 6) is -2.11. The van der Waals surface area contributed by atoms with Crippen LogP contribution in [0, 0.1) is 0 Å². The predicted molar refractivity (Wildman–Crippen MR) is 73.5 cm³/mol. The Labute approximate surface area is 120 Å². The average molecular weight is 289 g/mol. The molecule has 2 N–H and O–H groups in total. The van der Waals surface area contributed by atoms with Crippen molar-refractivity contribution >= 4 is 11.9 Å². The van der Waals surface area contributed by atoms with E-state index in [1.165, 1.54) is 10.7 Å². The van der Waals surface area contributed by atoms with Gasteiger partial charge in [0.05, 0.1) is 17.8 Å². The number of hydrogen-bond acceptors (Lipinski definition) is 4. The van der Waals surface area contributed by atoms with Crippen LogP contribution in [0.15, 0.2) is 24.3 Å². The number of aromatic nitrogens is 3. The Morgan fingerprint density at radius 3 is 2.62 bits per heavy atom. The molecule has 2 aromatic rings. The van der Waals surface area contributed by atoms with Crippen LogP contribution in [0.1, 0.15) is 45.4 Å². The first-order valence-electron chi connectivity index (χ1n) is 6.50. The van der Waals surface area contributed by atoms with E-state index in [0.29, 0.717) is 12.1 Å². The maximum Gasteiger partial charge on any atom is 0.358 e. The van der Waals surface area contributed by atoms with Crippen molar-refractivity contribution in [3.63, 3.8) is 0 Å². The van der Waals surface area contributed by atoms with Crippen molar-refractivity contribution in [1.29, 1.82) is 0 Å². The van der Waals surface area contributed by atoms with E-state index < -0.39 is 11.9 Å². The molecule has 0 saturated carbocycles. The smallest absolute Gasteiger partial charge is 0.358 e. The van der Waals surface area contributed by atoms with Crippen LogP contribution in [-0.4, -0.2) is 37.1 Å². The molecule has 0 aliphatic rings. The van der Waals surface area contributed by atoms with E-state index in [0.717, 1.165) is 12.0 Å². The number of carboxylic acid groups (broad SMARTS) is 2. The molecule has 0 unspecified atom stereocenters. The molecule has 1 aromatic carbocycles. The molecule has 0 fully saturated rings. The van der Waals surface area contributed by atoms with Crippen LogP contribution < -0.4 is 0 Å². The minimum Gasteiger partial charge on any atom is -0.478 e. The van der Waals surface area contributed by atoms with E-state index in [-0.39, 0.29) is 17.8 Å². The summed E-state index contributed by atoms with van der Waals surface area (Å²) in [4.78, 5) is 22.1. The van der Waals surface area contributed by atoms with Gasteiger partial charge in [-0.15, -0.1) is 5.10 Å². The Balaban J connectivity index is 2.33. The number of aromatic carboxylic acids is 2. The standard InChI is InChI=1S/C14H15N3O4/c1-2-4-11-12(14(20)21)15-16-17(11)8-9-5-3-6-10(7-9)13(18)19/h3,5-7H,2,4,8H2,1H3,(H,18,19)(H,20,21). The summed E-state index contributed by atoms with van der Waals surface area (Å²) in [6.45, 7) is 2.23. The number of carbonyl (C=O) groups is 2. The number of benzene rings is 1. The van der Waals surface area contributed by atoms with Crippen molar-refractivity contribution in [3.8, 4) is 0 Å². The van der Waals surface area contributed by atoms with Crippen LogP contribution in [0.5, 0.6) is 0 Å². The number of carboxylic acids is 2. The maximum atomic E-state index is 11.1. The zero-order valence-electron chi connectivity index (χ0n) is 11.5. The van der Waals surface area contributed by atoms with E-state index in [4.69, 9.17) is 10.2 Å². The number of rotatable bonds is 6. The SMILES string of the molecule is CCCc1c(C(=O)O)nnn1Cc1cccc(C(=O)O)c1. The normalized spacial score (nSPS) is 10.5.